The van der Waals surface area contributed by atoms with E-state index in [4.69, 9.17) is 0 Å². The Bertz CT molecular complexity index is 575. The lowest BCUT2D eigenvalue weighted by molar-refractivity contribution is -0.148. The molecular formula is C13H16F3N3O2. The highest BCUT2D eigenvalue weighted by molar-refractivity contribution is 5.93. The summed E-state index contributed by atoms with van der Waals surface area (Å²) in [5, 5.41) is 0. The van der Waals surface area contributed by atoms with E-state index in [1.54, 1.807) is 6.92 Å². The van der Waals surface area contributed by atoms with Crippen LogP contribution >= 0.6 is 0 Å². The van der Waals surface area contributed by atoms with Crippen LogP contribution in [0.15, 0.2) is 17.1 Å². The molecule has 0 aliphatic carbocycles. The van der Waals surface area contributed by atoms with Gasteiger partial charge in [-0.25, -0.2) is 0 Å². The molecular weight excluding hydrogens is 287 g/mol. The van der Waals surface area contributed by atoms with Gasteiger partial charge in [0.15, 0.2) is 5.43 Å². The number of aryl methyl sites for hydroxylation is 1. The van der Waals surface area contributed by atoms with Crippen molar-refractivity contribution < 1.29 is 18.0 Å². The minimum Gasteiger partial charge on any atom is -0.364 e. The van der Waals surface area contributed by atoms with Gasteiger partial charge >= 0.3 is 6.18 Å². The summed E-state index contributed by atoms with van der Waals surface area (Å²) in [4.78, 5) is 29.4. The highest BCUT2D eigenvalue weighted by Crippen LogP contribution is 2.17. The zero-order valence-corrected chi connectivity index (χ0v) is 11.5. The van der Waals surface area contributed by atoms with Crippen molar-refractivity contribution in [3.63, 3.8) is 0 Å². The van der Waals surface area contributed by atoms with Gasteiger partial charge in [0.2, 0.25) is 0 Å². The fraction of sp³-hybridized carbons (Fsp3) is 0.538. The van der Waals surface area contributed by atoms with Gasteiger partial charge in [-0.1, -0.05) is 0 Å². The van der Waals surface area contributed by atoms with Crippen LogP contribution in [0.4, 0.5) is 13.2 Å². The number of rotatable bonds is 2. The molecule has 0 aromatic carbocycles. The Kier molecular flexibility index (Phi) is 4.36. The number of nitrogens with zero attached hydrogens (tertiary/aromatic N) is 2. The first kappa shape index (κ1) is 15.6. The third-order valence-electron chi connectivity index (χ3n) is 3.35. The molecule has 0 spiro atoms. The van der Waals surface area contributed by atoms with E-state index in [0.717, 1.165) is 0 Å². The molecule has 0 atom stereocenters. The quantitative estimate of drug-likeness (QED) is 0.887. The number of amides is 1. The summed E-state index contributed by atoms with van der Waals surface area (Å²) in [6, 6.07) is 1.33. The number of aromatic amines is 1. The maximum atomic E-state index is 12.3. The Morgan fingerprint density at radius 3 is 2.43 bits per heavy atom. The van der Waals surface area contributed by atoms with Crippen LogP contribution < -0.4 is 5.43 Å². The normalized spacial score (nSPS) is 17.0. The number of hydrogen-bond acceptors (Lipinski definition) is 3. The lowest BCUT2D eigenvalue weighted by Gasteiger charge is -2.34. The second-order valence-corrected chi connectivity index (χ2v) is 5.08. The van der Waals surface area contributed by atoms with Gasteiger partial charge < -0.3 is 9.88 Å². The molecule has 1 aromatic rings. The second-order valence-electron chi connectivity index (χ2n) is 5.08. The van der Waals surface area contributed by atoms with E-state index >= 15 is 0 Å². The number of aromatic nitrogens is 1. The first-order chi connectivity index (χ1) is 9.76. The minimum absolute atomic E-state index is 0.0184. The molecule has 8 heteroatoms. The summed E-state index contributed by atoms with van der Waals surface area (Å²) in [5.41, 5.74) is 0.283. The van der Waals surface area contributed by atoms with Crippen LogP contribution in [0.2, 0.25) is 0 Å². The number of alkyl halides is 3. The number of carbonyl (C=O) groups is 1. The van der Waals surface area contributed by atoms with Crippen molar-refractivity contribution in [2.75, 3.05) is 32.7 Å². The Morgan fingerprint density at radius 2 is 1.90 bits per heavy atom. The number of piperazine rings is 1. The Labute approximate surface area is 119 Å². The third-order valence-corrected chi connectivity index (χ3v) is 3.35. The van der Waals surface area contributed by atoms with Crippen LogP contribution in [0, 0.1) is 6.92 Å². The van der Waals surface area contributed by atoms with E-state index in [2.05, 4.69) is 4.98 Å². The number of halogens is 3. The summed E-state index contributed by atoms with van der Waals surface area (Å²) in [6.45, 7) is 1.39. The van der Waals surface area contributed by atoms with Gasteiger partial charge in [0.05, 0.1) is 6.54 Å². The maximum absolute atomic E-state index is 12.3. The molecule has 2 rings (SSSR count). The average Bonchev–Trinajstić information content (AvgIpc) is 2.37. The highest BCUT2D eigenvalue weighted by atomic mass is 19.4. The van der Waals surface area contributed by atoms with Crippen LogP contribution in [0.3, 0.4) is 0 Å². The lowest BCUT2D eigenvalue weighted by Crippen LogP contribution is -2.51. The van der Waals surface area contributed by atoms with Crippen molar-refractivity contribution >= 4 is 5.91 Å². The van der Waals surface area contributed by atoms with Crippen molar-refractivity contribution in [2.24, 2.45) is 0 Å². The van der Waals surface area contributed by atoms with E-state index in [0.29, 0.717) is 5.69 Å². The highest BCUT2D eigenvalue weighted by Gasteiger charge is 2.33. The Morgan fingerprint density at radius 1 is 1.29 bits per heavy atom. The largest absolute Gasteiger partial charge is 0.401 e. The average molecular weight is 303 g/mol. The topological polar surface area (TPSA) is 56.4 Å². The first-order valence-electron chi connectivity index (χ1n) is 6.54. The molecule has 0 bridgehead atoms. The number of nitrogens with one attached hydrogen (secondary N) is 1. The van der Waals surface area contributed by atoms with E-state index in [-0.39, 0.29) is 37.2 Å². The third kappa shape index (κ3) is 4.07. The smallest absolute Gasteiger partial charge is 0.364 e. The van der Waals surface area contributed by atoms with E-state index in [1.165, 1.54) is 22.1 Å². The second kappa shape index (κ2) is 5.88. The predicted molar refractivity (Wildman–Crippen MR) is 70.2 cm³/mol. The van der Waals surface area contributed by atoms with Crippen LogP contribution in [-0.2, 0) is 0 Å². The molecule has 116 valence electrons. The van der Waals surface area contributed by atoms with E-state index in [1.807, 2.05) is 0 Å². The number of carbonyl (C=O) groups excluding carboxylic acids is 1. The molecule has 1 amide bonds. The van der Waals surface area contributed by atoms with Gasteiger partial charge in [0.1, 0.15) is 5.56 Å². The molecule has 1 fully saturated rings. The van der Waals surface area contributed by atoms with Crippen LogP contribution in [0.1, 0.15) is 16.1 Å². The van der Waals surface area contributed by atoms with Crippen molar-refractivity contribution in [1.29, 1.82) is 0 Å². The van der Waals surface area contributed by atoms with Gasteiger partial charge in [0, 0.05) is 44.1 Å². The Balaban J connectivity index is 1.99. The number of H-pyrrole nitrogens is 1. The molecule has 0 radical (unpaired) electrons. The van der Waals surface area contributed by atoms with Gasteiger partial charge in [0.25, 0.3) is 5.91 Å². The predicted octanol–water partition coefficient (Wildman–Crippen LogP) is 1.00. The zero-order chi connectivity index (χ0) is 15.6. The molecule has 5 nitrogen and oxygen atoms in total. The summed E-state index contributed by atoms with van der Waals surface area (Å²) in [7, 11) is 0. The molecule has 1 aromatic heterocycles. The Hall–Kier alpha value is -1.83. The first-order valence-corrected chi connectivity index (χ1v) is 6.54. The minimum atomic E-state index is -4.24. The monoisotopic (exact) mass is 303 g/mol. The van der Waals surface area contributed by atoms with E-state index in [9.17, 15) is 22.8 Å². The van der Waals surface area contributed by atoms with Crippen molar-refractivity contribution in [3.8, 4) is 0 Å². The lowest BCUT2D eigenvalue weighted by atomic mass is 10.2. The summed E-state index contributed by atoms with van der Waals surface area (Å²) in [6.07, 6.45) is -2.89. The van der Waals surface area contributed by atoms with Crippen LogP contribution in [0.5, 0.6) is 0 Å². The van der Waals surface area contributed by atoms with Crippen LogP contribution in [0.25, 0.3) is 0 Å². The summed E-state index contributed by atoms with van der Waals surface area (Å²) >= 11 is 0. The molecule has 1 saturated heterocycles. The molecule has 1 aliphatic heterocycles. The van der Waals surface area contributed by atoms with Crippen molar-refractivity contribution in [2.45, 2.75) is 13.1 Å². The van der Waals surface area contributed by atoms with Crippen molar-refractivity contribution in [3.05, 3.63) is 33.7 Å². The number of hydrogen-bond donors (Lipinski definition) is 1. The van der Waals surface area contributed by atoms with Gasteiger partial charge in [-0.3, -0.25) is 14.5 Å². The fourth-order valence-corrected chi connectivity index (χ4v) is 2.27. The van der Waals surface area contributed by atoms with Gasteiger partial charge in [-0.2, -0.15) is 13.2 Å². The van der Waals surface area contributed by atoms with Gasteiger partial charge in [-0.05, 0) is 6.92 Å². The zero-order valence-electron chi connectivity index (χ0n) is 11.5. The molecule has 1 N–H and O–H groups in total. The summed E-state index contributed by atoms with van der Waals surface area (Å²) < 4.78 is 36.9. The molecule has 0 saturated carbocycles. The molecule has 1 aliphatic rings. The SMILES string of the molecule is Cc1cc(=O)c(C(=O)N2CCN(CC(F)(F)F)CC2)c[nH]1. The molecule has 0 unspecified atom stereocenters. The van der Waals surface area contributed by atoms with Gasteiger partial charge in [-0.15, -0.1) is 0 Å². The molecule has 2 heterocycles. The van der Waals surface area contributed by atoms with E-state index < -0.39 is 18.6 Å². The standard InChI is InChI=1S/C13H16F3N3O2/c1-9-6-11(20)10(7-17-9)12(21)19-4-2-18(3-5-19)8-13(14,15)16/h6-7H,2-5,8H2,1H3,(H,17,20). The molecule has 21 heavy (non-hydrogen) atoms. The van der Waals surface area contributed by atoms with Crippen molar-refractivity contribution in [1.82, 2.24) is 14.8 Å². The number of pyridine rings is 1. The van der Waals surface area contributed by atoms with Crippen LogP contribution in [-0.4, -0.2) is 59.6 Å². The summed E-state index contributed by atoms with van der Waals surface area (Å²) in [5.74, 6) is -0.442. The maximum Gasteiger partial charge on any atom is 0.401 e. The fourth-order valence-electron chi connectivity index (χ4n) is 2.27.